The average molecular weight is 423 g/mol. The second-order valence-electron chi connectivity index (χ2n) is 6.20. The number of aromatic hydroxyl groups is 1. The molecule has 0 spiro atoms. The molecule has 0 saturated carbocycles. The number of fused-ring (bicyclic) bond motifs is 1. The molecule has 27 heavy (non-hydrogen) atoms. The number of carbonyl (C=O) groups is 1. The van der Waals surface area contributed by atoms with Gasteiger partial charge in [-0.05, 0) is 41.0 Å². The zero-order valence-electron chi connectivity index (χ0n) is 14.1. The molecule has 3 N–H and O–H groups in total. The van der Waals surface area contributed by atoms with Crippen molar-refractivity contribution < 1.29 is 15.0 Å². The highest BCUT2D eigenvalue weighted by Gasteiger charge is 2.43. The van der Waals surface area contributed by atoms with Crippen LogP contribution in [0.25, 0.3) is 0 Å². The van der Waals surface area contributed by atoms with Gasteiger partial charge in [-0.15, -0.1) is 0 Å². The Bertz CT molecular complexity index is 1060. The lowest BCUT2D eigenvalue weighted by molar-refractivity contribution is 0.200. The van der Waals surface area contributed by atoms with Crippen LogP contribution in [0, 0.1) is 0 Å². The summed E-state index contributed by atoms with van der Waals surface area (Å²) in [4.78, 5) is 16.2. The third-order valence-electron chi connectivity index (χ3n) is 4.60. The second-order valence-corrected chi connectivity index (χ2v) is 7.12. The number of rotatable bonds is 2. The molecular weight excluding hydrogens is 408 g/mol. The Kier molecular flexibility index (Phi) is 4.20. The first-order valence-electron chi connectivity index (χ1n) is 8.26. The molecule has 4 rings (SSSR count). The molecular formula is C21H15BrN2O3. The standard InChI is InChI=1S/C21H15BrN2O3/c22-15-5-3-4-14(12-15)21(13-8-10-16(25)11-9-13)18-7-2-1-6-17(18)19(24-21)23-20(26)27/h1-12,25H,(H,23,24)(H,26,27). The van der Waals surface area contributed by atoms with Gasteiger partial charge in [0.2, 0.25) is 0 Å². The van der Waals surface area contributed by atoms with Crippen molar-refractivity contribution in [2.24, 2.45) is 4.99 Å². The van der Waals surface area contributed by atoms with E-state index in [1.807, 2.05) is 48.5 Å². The van der Waals surface area contributed by atoms with Crippen LogP contribution in [0.1, 0.15) is 22.3 Å². The van der Waals surface area contributed by atoms with Gasteiger partial charge in [-0.1, -0.05) is 64.5 Å². The number of halogens is 1. The van der Waals surface area contributed by atoms with Crippen LogP contribution < -0.4 is 5.32 Å². The predicted octanol–water partition coefficient (Wildman–Crippen LogP) is 4.47. The molecule has 3 aromatic rings. The Morgan fingerprint density at radius 3 is 2.41 bits per heavy atom. The van der Waals surface area contributed by atoms with Gasteiger partial charge in [0, 0.05) is 10.0 Å². The minimum Gasteiger partial charge on any atom is -0.508 e. The maximum atomic E-state index is 11.3. The number of amidine groups is 1. The van der Waals surface area contributed by atoms with Crippen molar-refractivity contribution in [1.29, 1.82) is 0 Å². The summed E-state index contributed by atoms with van der Waals surface area (Å²) in [6.45, 7) is 0. The van der Waals surface area contributed by atoms with Crippen molar-refractivity contribution >= 4 is 27.9 Å². The molecule has 5 nitrogen and oxygen atoms in total. The number of carboxylic acid groups (broad SMARTS) is 1. The summed E-state index contributed by atoms with van der Waals surface area (Å²) < 4.78 is 0.894. The zero-order chi connectivity index (χ0) is 19.0. The molecule has 0 aromatic heterocycles. The van der Waals surface area contributed by atoms with Crippen LogP contribution in [0.3, 0.4) is 0 Å². The van der Waals surface area contributed by atoms with Crippen molar-refractivity contribution in [3.05, 3.63) is 99.5 Å². The summed E-state index contributed by atoms with van der Waals surface area (Å²) in [6.07, 6.45) is -1.17. The molecule has 1 atom stereocenters. The Hall–Kier alpha value is -3.12. The molecule has 0 saturated heterocycles. The fourth-order valence-corrected chi connectivity index (χ4v) is 3.91. The Morgan fingerprint density at radius 2 is 1.70 bits per heavy atom. The van der Waals surface area contributed by atoms with E-state index in [0.717, 1.165) is 26.7 Å². The van der Waals surface area contributed by atoms with Crippen molar-refractivity contribution in [3.63, 3.8) is 0 Å². The number of hydrogen-bond donors (Lipinski definition) is 3. The summed E-state index contributed by atoms with van der Waals surface area (Å²) in [7, 11) is 0. The monoisotopic (exact) mass is 422 g/mol. The van der Waals surface area contributed by atoms with E-state index in [1.165, 1.54) is 0 Å². The van der Waals surface area contributed by atoms with E-state index in [2.05, 4.69) is 21.2 Å². The van der Waals surface area contributed by atoms with Crippen LogP contribution in [0.4, 0.5) is 4.79 Å². The van der Waals surface area contributed by atoms with Gasteiger partial charge in [-0.2, -0.15) is 0 Å². The zero-order valence-corrected chi connectivity index (χ0v) is 15.6. The average Bonchev–Trinajstić information content (AvgIpc) is 2.97. The topological polar surface area (TPSA) is 81.9 Å². The summed E-state index contributed by atoms with van der Waals surface area (Å²) >= 11 is 3.51. The molecule has 1 heterocycles. The number of nitrogens with zero attached hydrogens (tertiary/aromatic N) is 1. The van der Waals surface area contributed by atoms with Crippen LogP contribution in [-0.2, 0) is 5.54 Å². The van der Waals surface area contributed by atoms with Crippen molar-refractivity contribution in [3.8, 4) is 5.75 Å². The molecule has 0 fully saturated rings. The molecule has 6 heteroatoms. The maximum Gasteiger partial charge on any atom is 0.410 e. The van der Waals surface area contributed by atoms with Gasteiger partial charge in [-0.25, -0.2) is 9.79 Å². The summed E-state index contributed by atoms with van der Waals surface area (Å²) in [5.74, 6) is 0.452. The van der Waals surface area contributed by atoms with Crippen LogP contribution >= 0.6 is 15.9 Å². The lowest BCUT2D eigenvalue weighted by atomic mass is 9.77. The fourth-order valence-electron chi connectivity index (χ4n) is 3.51. The van der Waals surface area contributed by atoms with Gasteiger partial charge in [0.25, 0.3) is 0 Å². The third-order valence-corrected chi connectivity index (χ3v) is 5.10. The molecule has 3 aromatic carbocycles. The summed E-state index contributed by atoms with van der Waals surface area (Å²) in [6, 6.07) is 22.2. The minimum atomic E-state index is -1.17. The molecule has 1 amide bonds. The van der Waals surface area contributed by atoms with Crippen LogP contribution in [0.2, 0.25) is 0 Å². The number of nitrogens with one attached hydrogen (secondary N) is 1. The van der Waals surface area contributed by atoms with Gasteiger partial charge in [-0.3, -0.25) is 5.32 Å². The number of benzene rings is 3. The highest BCUT2D eigenvalue weighted by molar-refractivity contribution is 9.10. The number of amides is 1. The lowest BCUT2D eigenvalue weighted by Crippen LogP contribution is -2.29. The van der Waals surface area contributed by atoms with Gasteiger partial charge in [0.1, 0.15) is 17.1 Å². The van der Waals surface area contributed by atoms with Gasteiger partial charge in [0.15, 0.2) is 0 Å². The molecule has 1 aliphatic rings. The molecule has 0 radical (unpaired) electrons. The van der Waals surface area contributed by atoms with E-state index < -0.39 is 11.6 Å². The molecule has 0 aliphatic carbocycles. The van der Waals surface area contributed by atoms with E-state index >= 15 is 0 Å². The smallest absolute Gasteiger partial charge is 0.410 e. The first-order valence-corrected chi connectivity index (χ1v) is 9.05. The molecule has 1 aliphatic heterocycles. The highest BCUT2D eigenvalue weighted by atomic mass is 79.9. The van der Waals surface area contributed by atoms with Crippen molar-refractivity contribution in [2.45, 2.75) is 5.54 Å². The lowest BCUT2D eigenvalue weighted by Gasteiger charge is -2.29. The van der Waals surface area contributed by atoms with Crippen molar-refractivity contribution in [2.75, 3.05) is 0 Å². The van der Waals surface area contributed by atoms with Gasteiger partial charge in [0.05, 0.1) is 0 Å². The molecule has 1 unspecified atom stereocenters. The van der Waals surface area contributed by atoms with Crippen LogP contribution in [-0.4, -0.2) is 22.1 Å². The first kappa shape index (κ1) is 17.3. The highest BCUT2D eigenvalue weighted by Crippen LogP contribution is 2.46. The minimum absolute atomic E-state index is 0.155. The summed E-state index contributed by atoms with van der Waals surface area (Å²) in [5, 5.41) is 21.4. The molecule has 134 valence electrons. The van der Waals surface area contributed by atoms with Crippen LogP contribution in [0.15, 0.2) is 82.3 Å². The molecule has 0 bridgehead atoms. The van der Waals surface area contributed by atoms with Gasteiger partial charge < -0.3 is 10.2 Å². The van der Waals surface area contributed by atoms with E-state index in [1.54, 1.807) is 24.3 Å². The predicted molar refractivity (Wildman–Crippen MR) is 106 cm³/mol. The largest absolute Gasteiger partial charge is 0.508 e. The number of phenolic OH excluding ortho intramolecular Hbond substituents is 1. The summed E-state index contributed by atoms with van der Waals surface area (Å²) in [5.41, 5.74) is 2.39. The number of hydrogen-bond acceptors (Lipinski definition) is 3. The number of aliphatic imine (C=N–C) groups is 1. The maximum absolute atomic E-state index is 11.3. The van der Waals surface area contributed by atoms with Gasteiger partial charge >= 0.3 is 6.09 Å². The second kappa shape index (κ2) is 6.55. The third kappa shape index (κ3) is 2.88. The van der Waals surface area contributed by atoms with E-state index in [9.17, 15) is 15.0 Å². The quantitative estimate of drug-likeness (QED) is 0.569. The SMILES string of the molecule is O=C(O)NC1=NC(c2ccc(O)cc2)(c2cccc(Br)c2)c2ccccc21. The first-order chi connectivity index (χ1) is 13.0. The van der Waals surface area contributed by atoms with Crippen molar-refractivity contribution in [1.82, 2.24) is 5.32 Å². The van der Waals surface area contributed by atoms with E-state index in [4.69, 9.17) is 4.99 Å². The Morgan fingerprint density at radius 1 is 0.963 bits per heavy atom. The number of phenols is 1. The van der Waals surface area contributed by atoms with E-state index in [-0.39, 0.29) is 5.75 Å². The normalized spacial score (nSPS) is 17.9. The van der Waals surface area contributed by atoms with Crippen LogP contribution in [0.5, 0.6) is 5.75 Å². The van der Waals surface area contributed by atoms with E-state index in [0.29, 0.717) is 5.84 Å². The Balaban J connectivity index is 2.06. The fraction of sp³-hybridized carbons (Fsp3) is 0.0476. The Labute approximate surface area is 164 Å².